The topological polar surface area (TPSA) is 285 Å². The Kier molecular flexibility index (Phi) is 30.2. The second-order valence-corrected chi connectivity index (χ2v) is 25.6. The number of allylic oxidation sites excluding steroid dienone is 4. The van der Waals surface area contributed by atoms with E-state index in [4.69, 9.17) is 42.8 Å². The number of pyridine rings is 1. The molecule has 2 aliphatic rings. The summed E-state index contributed by atoms with van der Waals surface area (Å²) in [6.45, 7) is 15.5. The van der Waals surface area contributed by atoms with Gasteiger partial charge < -0.3 is 61.7 Å². The lowest BCUT2D eigenvalue weighted by Crippen LogP contribution is -2.21. The van der Waals surface area contributed by atoms with Gasteiger partial charge in [-0.2, -0.15) is 0 Å². The predicted molar refractivity (Wildman–Crippen MR) is 391 cm³/mol. The van der Waals surface area contributed by atoms with Gasteiger partial charge in [-0.05, 0) is 180 Å². The van der Waals surface area contributed by atoms with Crippen LogP contribution in [0.1, 0.15) is 79.5 Å². The lowest BCUT2D eigenvalue weighted by atomic mass is 10.0. The highest BCUT2D eigenvalue weighted by atomic mass is 35.5. The molecule has 7 aromatic rings. The molecule has 9 N–H and O–H groups in total. The molecular formula is C73H80Cl2F4N12O9S. The molecule has 0 saturated heterocycles. The number of furan rings is 1. The van der Waals surface area contributed by atoms with Crippen LogP contribution in [0.5, 0.6) is 11.5 Å². The molecule has 0 radical (unpaired) electrons. The monoisotopic (exact) mass is 1450 g/mol. The van der Waals surface area contributed by atoms with Crippen LogP contribution in [0.3, 0.4) is 0 Å². The highest BCUT2D eigenvalue weighted by molar-refractivity contribution is 7.90. The SMILES string of the molecule is C/C=C(\C=C1/C(=O)Nc2ccc(F)cc21)N/C(C)=C/C(=O)NC.C=Nc1ccc(-c2ccc(CNCCS(C)(=O)=O)o2)cc1C(N)=NC1C=C(Cl)C(OCc2cccc(F)c2)=CC1.CCN(C)CC.CNC(=O)c1cc(Oc2ccc(NC(=O)Nc3ccc(Cl)c(C(C)(F)F)c3)cc2)ccn1. The van der Waals surface area contributed by atoms with Gasteiger partial charge in [0, 0.05) is 108 Å². The molecule has 0 bridgehead atoms. The van der Waals surface area contributed by atoms with E-state index < -0.39 is 27.6 Å². The maximum absolute atomic E-state index is 13.6. The lowest BCUT2D eigenvalue weighted by Gasteiger charge is -2.18. The Labute approximate surface area is 594 Å². The number of hydrogen-bond donors (Lipinski definition) is 8. The fraction of sp³-hybridized carbons (Fsp3) is 0.247. The van der Waals surface area contributed by atoms with E-state index in [9.17, 15) is 45.2 Å². The summed E-state index contributed by atoms with van der Waals surface area (Å²) < 4.78 is 94.0. The van der Waals surface area contributed by atoms with Crippen molar-refractivity contribution in [3.8, 4) is 22.8 Å². The van der Waals surface area contributed by atoms with Crippen LogP contribution in [-0.2, 0) is 43.2 Å². The maximum atomic E-state index is 13.6. The number of likely N-dealkylation sites (N-methyl/N-ethyl adjacent to an activating group) is 1. The number of benzene rings is 5. The van der Waals surface area contributed by atoms with E-state index in [-0.39, 0.29) is 69.7 Å². The smallest absolute Gasteiger partial charge is 0.323 e. The summed E-state index contributed by atoms with van der Waals surface area (Å²) >= 11 is 12.3. The summed E-state index contributed by atoms with van der Waals surface area (Å²) in [5.74, 6) is -1.73. The number of urea groups is 1. The van der Waals surface area contributed by atoms with E-state index in [1.54, 1.807) is 87.7 Å². The fourth-order valence-electron chi connectivity index (χ4n) is 9.14. The summed E-state index contributed by atoms with van der Waals surface area (Å²) in [5, 5.41) is 19.2. The van der Waals surface area contributed by atoms with Crippen LogP contribution in [0.4, 0.5) is 45.1 Å². The number of aliphatic imine (C=N–C) groups is 2. The standard InChI is InChI=1S/C29H30ClFN4O4S.C22H19ClF2N4O3.C17H18FN3O2.C5H13N/c1-33-26-9-6-20(27-11-8-23(39-27)17-34-12-13-40(2,36)37)15-24(26)29(32)35-22-7-10-28(25(30)16-22)38-18-19-4-3-5-21(31)14-19;1-22(24,25)17-11-14(5-8-18(17)23)29-21(31)28-13-3-6-15(7-4-13)32-16-9-10-27-19(12-16)20(30)26-2;1-4-12(20-10(2)7-16(22)19-3)9-14-13-8-11(18)5-6-15(13)21-17(14)23;1-4-6(3)5-2/h3-6,8-11,14-16,22,34H,1,7,12-13,17-18H2,2H3,(H2,32,35);3-12H,1-2H3,(H,26,30)(H2,28,29,31);4-9,20H,1-3H3,(H,19,22)(H,21,23);4-5H2,1-3H3/b;;10-7+,12-4+,14-9-;. The number of hydrogen-bond acceptors (Lipinski definition) is 15. The molecule has 2 aromatic heterocycles. The third-order valence-electron chi connectivity index (χ3n) is 14.7. The number of amidine groups is 1. The van der Waals surface area contributed by atoms with Gasteiger partial charge >= 0.3 is 6.03 Å². The number of fused-ring (bicyclic) bond motifs is 1. The summed E-state index contributed by atoms with van der Waals surface area (Å²) in [6.07, 6.45) is 11.6. The van der Waals surface area contributed by atoms with E-state index >= 15 is 0 Å². The van der Waals surface area contributed by atoms with Crippen molar-refractivity contribution in [3.63, 3.8) is 0 Å². The number of amides is 5. The van der Waals surface area contributed by atoms with Crippen molar-refractivity contribution in [3.05, 3.63) is 237 Å². The van der Waals surface area contributed by atoms with Crippen LogP contribution in [0.25, 0.3) is 16.9 Å². The van der Waals surface area contributed by atoms with Crippen molar-refractivity contribution in [1.82, 2.24) is 31.2 Å². The number of nitrogens with one attached hydrogen (secondary N) is 7. The number of carbonyl (C=O) groups is 4. The van der Waals surface area contributed by atoms with Crippen LogP contribution in [-0.4, -0.2) is 113 Å². The molecule has 28 heteroatoms. The third-order valence-corrected chi connectivity index (χ3v) is 16.3. The summed E-state index contributed by atoms with van der Waals surface area (Å²) in [7, 11) is 2.13. The van der Waals surface area contributed by atoms with Gasteiger partial charge in [-0.3, -0.25) is 29.4 Å². The number of sulfone groups is 1. The molecule has 21 nitrogen and oxygen atoms in total. The first kappa shape index (κ1) is 79.6. The number of ether oxygens (including phenoxy) is 2. The minimum Gasteiger partial charge on any atom is -0.488 e. The number of rotatable bonds is 24. The number of nitrogens with two attached hydrogens (primary N) is 1. The largest absolute Gasteiger partial charge is 0.488 e. The van der Waals surface area contributed by atoms with Crippen molar-refractivity contribution in [2.45, 2.75) is 66.2 Å². The van der Waals surface area contributed by atoms with Gasteiger partial charge in [0.1, 0.15) is 68.4 Å². The van der Waals surface area contributed by atoms with E-state index in [1.165, 1.54) is 74.1 Å². The fourth-order valence-corrected chi connectivity index (χ4v) is 10.2. The van der Waals surface area contributed by atoms with E-state index in [0.717, 1.165) is 31.6 Å². The molecule has 5 amide bonds. The number of nitrogens with zero attached hydrogens (tertiary/aromatic N) is 4. The second kappa shape index (κ2) is 38.3. The molecule has 0 fully saturated rings. The second-order valence-electron chi connectivity index (χ2n) is 22.5. The van der Waals surface area contributed by atoms with Gasteiger partial charge in [0.25, 0.3) is 17.7 Å². The van der Waals surface area contributed by atoms with Crippen LogP contribution >= 0.6 is 23.2 Å². The first-order valence-corrected chi connectivity index (χ1v) is 34.3. The molecular weight excluding hydrogens is 1370 g/mol. The average molecular weight is 1450 g/mol. The molecule has 1 aliphatic carbocycles. The predicted octanol–water partition coefficient (Wildman–Crippen LogP) is 14.2. The van der Waals surface area contributed by atoms with Crippen molar-refractivity contribution >= 4 is 97.7 Å². The Morgan fingerprint density at radius 2 is 1.61 bits per heavy atom. The van der Waals surface area contributed by atoms with Crippen LogP contribution in [0.2, 0.25) is 5.02 Å². The molecule has 1 unspecified atom stereocenters. The van der Waals surface area contributed by atoms with Gasteiger partial charge in [-0.25, -0.2) is 30.8 Å². The Balaban J connectivity index is 0.000000236. The number of alkyl halides is 2. The molecule has 9 rings (SSSR count). The van der Waals surface area contributed by atoms with Crippen molar-refractivity contribution < 1.29 is 59.0 Å². The highest BCUT2D eigenvalue weighted by Gasteiger charge is 2.28. The van der Waals surface area contributed by atoms with Gasteiger partial charge in [-0.15, -0.1) is 0 Å². The highest BCUT2D eigenvalue weighted by Crippen LogP contribution is 2.36. The molecule has 1 aliphatic heterocycles. The van der Waals surface area contributed by atoms with Crippen LogP contribution < -0.4 is 47.7 Å². The van der Waals surface area contributed by atoms with Gasteiger partial charge in [0.05, 0.1) is 34.6 Å². The number of anilines is 3. The van der Waals surface area contributed by atoms with Crippen LogP contribution in [0, 0.1) is 11.6 Å². The van der Waals surface area contributed by atoms with Gasteiger partial charge in [0.2, 0.25) is 5.91 Å². The molecule has 5 aromatic carbocycles. The summed E-state index contributed by atoms with van der Waals surface area (Å²) in [4.78, 5) is 62.2. The first-order chi connectivity index (χ1) is 48.0. The molecule has 0 spiro atoms. The molecule has 3 heterocycles. The Morgan fingerprint density at radius 3 is 2.26 bits per heavy atom. The minimum atomic E-state index is -3.14. The molecule has 1 atom stereocenters. The van der Waals surface area contributed by atoms with E-state index in [2.05, 4.69) is 84.7 Å². The zero-order valence-electron chi connectivity index (χ0n) is 57.0. The number of aromatic nitrogens is 1. The zero-order valence-corrected chi connectivity index (χ0v) is 59.4. The number of halogens is 6. The average Bonchev–Trinajstić information content (AvgIpc) is 0.995. The van der Waals surface area contributed by atoms with Gasteiger partial charge in [0.15, 0.2) is 0 Å². The van der Waals surface area contributed by atoms with Crippen molar-refractivity contribution in [2.75, 3.05) is 68.7 Å². The Hall–Kier alpha value is -10.4. The van der Waals surface area contributed by atoms with Gasteiger partial charge in [-0.1, -0.05) is 55.3 Å². The van der Waals surface area contributed by atoms with E-state index in [0.29, 0.717) is 104 Å². The van der Waals surface area contributed by atoms with Crippen LogP contribution in [0.15, 0.2) is 201 Å². The molecule has 101 heavy (non-hydrogen) atoms. The lowest BCUT2D eigenvalue weighted by molar-refractivity contribution is -0.116. The summed E-state index contributed by atoms with van der Waals surface area (Å²) in [6, 6.07) is 31.9. The Morgan fingerprint density at radius 1 is 0.901 bits per heavy atom. The zero-order chi connectivity index (χ0) is 74.0. The van der Waals surface area contributed by atoms with E-state index in [1.807, 2.05) is 30.3 Å². The Bertz CT molecular complexity index is 4400. The minimum absolute atomic E-state index is 0.0546. The molecule has 534 valence electrons. The maximum Gasteiger partial charge on any atom is 0.323 e. The molecule has 0 saturated carbocycles. The summed E-state index contributed by atoms with van der Waals surface area (Å²) in [5.41, 5.74) is 12.2. The van der Waals surface area contributed by atoms with Crippen molar-refractivity contribution in [1.29, 1.82) is 0 Å². The normalized spacial score (nSPS) is 14.0. The quantitative estimate of drug-likeness (QED) is 0.00918. The third kappa shape index (κ3) is 25.7. The first-order valence-electron chi connectivity index (χ1n) is 31.5. The van der Waals surface area contributed by atoms with Crippen molar-refractivity contribution in [2.24, 2.45) is 15.7 Å². The number of carbonyl (C=O) groups excluding carboxylic acids is 4.